The van der Waals surface area contributed by atoms with Gasteiger partial charge in [0.2, 0.25) is 0 Å². The van der Waals surface area contributed by atoms with Crippen LogP contribution < -0.4 is 10.6 Å². The smallest absolute Gasteiger partial charge is 0.191 e. The van der Waals surface area contributed by atoms with Crippen LogP contribution in [0.4, 0.5) is 0 Å². The molecule has 0 spiro atoms. The number of nitrogens with one attached hydrogen (secondary N) is 2. The molecule has 118 valence electrons. The number of guanidine groups is 1. The SMILES string of the molecule is CN=C(NCCCOCC1CCOCC1)NCCOC. The molecule has 0 aromatic heterocycles. The number of methoxy groups -OCH3 is 1. The minimum Gasteiger partial charge on any atom is -0.383 e. The summed E-state index contributed by atoms with van der Waals surface area (Å²) in [5, 5.41) is 6.42. The summed E-state index contributed by atoms with van der Waals surface area (Å²) in [7, 11) is 3.46. The number of aliphatic imine (C=N–C) groups is 1. The number of nitrogens with zero attached hydrogens (tertiary/aromatic N) is 1. The van der Waals surface area contributed by atoms with E-state index in [9.17, 15) is 0 Å². The van der Waals surface area contributed by atoms with Crippen molar-refractivity contribution >= 4 is 5.96 Å². The Morgan fingerprint density at radius 3 is 2.65 bits per heavy atom. The zero-order valence-corrected chi connectivity index (χ0v) is 12.8. The van der Waals surface area contributed by atoms with Gasteiger partial charge in [0, 0.05) is 53.7 Å². The standard InChI is InChI=1S/C14H29N3O3/c1-15-14(17-7-11-18-2)16-6-3-8-20-12-13-4-9-19-10-5-13/h13H,3-12H2,1-2H3,(H2,15,16,17). The third kappa shape index (κ3) is 8.35. The van der Waals surface area contributed by atoms with Crippen LogP contribution in [0.15, 0.2) is 4.99 Å². The summed E-state index contributed by atoms with van der Waals surface area (Å²) < 4.78 is 16.0. The van der Waals surface area contributed by atoms with E-state index in [0.717, 1.165) is 64.7 Å². The minimum atomic E-state index is 0.676. The van der Waals surface area contributed by atoms with Gasteiger partial charge >= 0.3 is 0 Å². The molecule has 0 radical (unpaired) electrons. The fourth-order valence-electron chi connectivity index (χ4n) is 2.04. The van der Waals surface area contributed by atoms with Crippen LogP contribution >= 0.6 is 0 Å². The Balaban J connectivity index is 1.92. The molecule has 6 heteroatoms. The average molecular weight is 287 g/mol. The van der Waals surface area contributed by atoms with E-state index >= 15 is 0 Å². The summed E-state index contributed by atoms with van der Waals surface area (Å²) in [6.07, 6.45) is 3.25. The lowest BCUT2D eigenvalue weighted by molar-refractivity contribution is 0.0203. The van der Waals surface area contributed by atoms with Gasteiger partial charge in [-0.2, -0.15) is 0 Å². The van der Waals surface area contributed by atoms with Crippen molar-refractivity contribution in [3.63, 3.8) is 0 Å². The van der Waals surface area contributed by atoms with Gasteiger partial charge in [-0.1, -0.05) is 0 Å². The number of hydrogen-bond donors (Lipinski definition) is 2. The fourth-order valence-corrected chi connectivity index (χ4v) is 2.04. The van der Waals surface area contributed by atoms with Crippen LogP contribution in [0.5, 0.6) is 0 Å². The van der Waals surface area contributed by atoms with Crippen molar-refractivity contribution in [2.24, 2.45) is 10.9 Å². The predicted octanol–water partition coefficient (Wildman–Crippen LogP) is 0.631. The second-order valence-corrected chi connectivity index (χ2v) is 4.90. The van der Waals surface area contributed by atoms with Crippen LogP contribution in [0.2, 0.25) is 0 Å². The summed E-state index contributed by atoms with van der Waals surface area (Å²) in [6, 6.07) is 0. The Morgan fingerprint density at radius 2 is 1.95 bits per heavy atom. The predicted molar refractivity (Wildman–Crippen MR) is 80.2 cm³/mol. The molecule has 0 aromatic carbocycles. The number of rotatable bonds is 9. The fraction of sp³-hybridized carbons (Fsp3) is 0.929. The molecule has 20 heavy (non-hydrogen) atoms. The van der Waals surface area contributed by atoms with E-state index in [-0.39, 0.29) is 0 Å². The van der Waals surface area contributed by atoms with E-state index in [1.165, 1.54) is 0 Å². The van der Waals surface area contributed by atoms with Crippen LogP contribution in [0.1, 0.15) is 19.3 Å². The molecule has 0 aromatic rings. The van der Waals surface area contributed by atoms with Crippen molar-refractivity contribution < 1.29 is 14.2 Å². The Kier molecular flexibility index (Phi) is 10.3. The summed E-state index contributed by atoms with van der Waals surface area (Å²) in [6.45, 7) is 5.73. The Morgan fingerprint density at radius 1 is 1.20 bits per heavy atom. The first-order chi connectivity index (χ1) is 9.86. The van der Waals surface area contributed by atoms with E-state index in [0.29, 0.717) is 12.5 Å². The maximum Gasteiger partial charge on any atom is 0.191 e. The Labute approximate surface area is 122 Å². The molecule has 0 aliphatic carbocycles. The van der Waals surface area contributed by atoms with Gasteiger partial charge in [-0.3, -0.25) is 4.99 Å². The molecule has 1 aliphatic rings. The van der Waals surface area contributed by atoms with Gasteiger partial charge in [0.05, 0.1) is 6.61 Å². The highest BCUT2D eigenvalue weighted by atomic mass is 16.5. The number of hydrogen-bond acceptors (Lipinski definition) is 4. The molecule has 0 atom stereocenters. The molecule has 0 saturated carbocycles. The van der Waals surface area contributed by atoms with E-state index in [2.05, 4.69) is 15.6 Å². The third-order valence-electron chi connectivity index (χ3n) is 3.27. The van der Waals surface area contributed by atoms with E-state index in [1.807, 2.05) is 0 Å². The van der Waals surface area contributed by atoms with E-state index in [1.54, 1.807) is 14.2 Å². The van der Waals surface area contributed by atoms with Gasteiger partial charge in [-0.05, 0) is 25.2 Å². The topological polar surface area (TPSA) is 64.1 Å². The first kappa shape index (κ1) is 17.2. The molecule has 0 unspecified atom stereocenters. The molecule has 1 fully saturated rings. The second kappa shape index (κ2) is 11.9. The summed E-state index contributed by atoms with van der Waals surface area (Å²) in [5.74, 6) is 1.49. The summed E-state index contributed by atoms with van der Waals surface area (Å²) >= 11 is 0. The van der Waals surface area contributed by atoms with Gasteiger partial charge in [0.1, 0.15) is 0 Å². The van der Waals surface area contributed by atoms with Crippen molar-refractivity contribution in [3.05, 3.63) is 0 Å². The zero-order chi connectivity index (χ0) is 14.5. The molecule has 0 amide bonds. The first-order valence-corrected chi connectivity index (χ1v) is 7.45. The van der Waals surface area contributed by atoms with Gasteiger partial charge in [0.25, 0.3) is 0 Å². The maximum atomic E-state index is 5.71. The van der Waals surface area contributed by atoms with Gasteiger partial charge in [0.15, 0.2) is 5.96 Å². The first-order valence-electron chi connectivity index (χ1n) is 7.45. The molecule has 1 rings (SSSR count). The quantitative estimate of drug-likeness (QED) is 0.370. The minimum absolute atomic E-state index is 0.676. The van der Waals surface area contributed by atoms with Crippen molar-refractivity contribution in [2.45, 2.75) is 19.3 Å². The largest absolute Gasteiger partial charge is 0.383 e. The zero-order valence-electron chi connectivity index (χ0n) is 12.8. The van der Waals surface area contributed by atoms with Crippen molar-refractivity contribution in [1.29, 1.82) is 0 Å². The lowest BCUT2D eigenvalue weighted by atomic mass is 10.0. The van der Waals surface area contributed by atoms with Crippen molar-refractivity contribution in [2.75, 3.05) is 60.3 Å². The van der Waals surface area contributed by atoms with Crippen LogP contribution in [0, 0.1) is 5.92 Å². The third-order valence-corrected chi connectivity index (χ3v) is 3.27. The van der Waals surface area contributed by atoms with Gasteiger partial charge < -0.3 is 24.8 Å². The molecule has 6 nitrogen and oxygen atoms in total. The highest BCUT2D eigenvalue weighted by Crippen LogP contribution is 2.14. The van der Waals surface area contributed by atoms with Gasteiger partial charge in [-0.25, -0.2) is 0 Å². The highest BCUT2D eigenvalue weighted by molar-refractivity contribution is 5.79. The molecule has 1 saturated heterocycles. The molecule has 1 aliphatic heterocycles. The normalized spacial score (nSPS) is 17.2. The molecular weight excluding hydrogens is 258 g/mol. The lowest BCUT2D eigenvalue weighted by Crippen LogP contribution is -2.39. The van der Waals surface area contributed by atoms with Crippen LogP contribution in [-0.4, -0.2) is 66.2 Å². The summed E-state index contributed by atoms with van der Waals surface area (Å²) in [5.41, 5.74) is 0. The van der Waals surface area contributed by atoms with Crippen LogP contribution in [0.25, 0.3) is 0 Å². The number of ether oxygens (including phenoxy) is 3. The lowest BCUT2D eigenvalue weighted by Gasteiger charge is -2.21. The monoisotopic (exact) mass is 287 g/mol. The van der Waals surface area contributed by atoms with Crippen LogP contribution in [0.3, 0.4) is 0 Å². The maximum absolute atomic E-state index is 5.71. The van der Waals surface area contributed by atoms with E-state index in [4.69, 9.17) is 14.2 Å². The second-order valence-electron chi connectivity index (χ2n) is 4.90. The summed E-state index contributed by atoms with van der Waals surface area (Å²) in [4.78, 5) is 4.14. The Hall–Kier alpha value is -0.850. The molecule has 0 bridgehead atoms. The van der Waals surface area contributed by atoms with Crippen molar-refractivity contribution in [3.8, 4) is 0 Å². The van der Waals surface area contributed by atoms with E-state index < -0.39 is 0 Å². The highest BCUT2D eigenvalue weighted by Gasteiger charge is 2.13. The van der Waals surface area contributed by atoms with Crippen molar-refractivity contribution in [1.82, 2.24) is 10.6 Å². The molecule has 2 N–H and O–H groups in total. The van der Waals surface area contributed by atoms with Gasteiger partial charge in [-0.15, -0.1) is 0 Å². The molecular formula is C14H29N3O3. The Bertz CT molecular complexity index is 256. The average Bonchev–Trinajstić information content (AvgIpc) is 2.50. The van der Waals surface area contributed by atoms with Crippen LogP contribution in [-0.2, 0) is 14.2 Å². The molecule has 1 heterocycles.